The highest BCUT2D eigenvalue weighted by Crippen LogP contribution is 2.26. The van der Waals surface area contributed by atoms with E-state index in [2.05, 4.69) is 5.32 Å². The van der Waals surface area contributed by atoms with E-state index in [0.29, 0.717) is 16.3 Å². The Balaban J connectivity index is 2.17. The van der Waals surface area contributed by atoms with E-state index in [1.54, 1.807) is 31.2 Å². The molecule has 0 aliphatic rings. The van der Waals surface area contributed by atoms with Crippen LogP contribution in [0, 0.1) is 12.7 Å². The van der Waals surface area contributed by atoms with E-state index in [1.165, 1.54) is 19.2 Å². The van der Waals surface area contributed by atoms with Crippen LogP contribution in [0.2, 0.25) is 5.02 Å². The molecule has 2 aromatic rings. The van der Waals surface area contributed by atoms with Crippen molar-refractivity contribution in [1.29, 1.82) is 0 Å². The number of methoxy groups -OCH3 is 1. The zero-order valence-electron chi connectivity index (χ0n) is 11.7. The monoisotopic (exact) mass is 307 g/mol. The molecule has 0 aliphatic carbocycles. The first kappa shape index (κ1) is 15.3. The molecule has 21 heavy (non-hydrogen) atoms. The summed E-state index contributed by atoms with van der Waals surface area (Å²) in [4.78, 5) is 12.1. The van der Waals surface area contributed by atoms with Crippen LogP contribution in [0.25, 0.3) is 0 Å². The maximum atomic E-state index is 13.7. The van der Waals surface area contributed by atoms with Gasteiger partial charge in [0.2, 0.25) is 0 Å². The fraction of sp³-hybridized carbons (Fsp3) is 0.188. The molecule has 110 valence electrons. The van der Waals surface area contributed by atoms with E-state index in [-0.39, 0.29) is 12.1 Å². The molecule has 0 radical (unpaired) electrons. The van der Waals surface area contributed by atoms with Crippen molar-refractivity contribution in [1.82, 2.24) is 5.32 Å². The minimum Gasteiger partial charge on any atom is -0.496 e. The number of halogens is 2. The molecule has 5 heteroatoms. The standard InChI is InChI=1S/C16H15ClFNO2/c1-10-6-7-14(18)11(8-10)16(20)19-9-12-13(17)4-3-5-15(12)21-2/h3-8H,9H2,1-2H3,(H,19,20). The lowest BCUT2D eigenvalue weighted by Crippen LogP contribution is -2.24. The summed E-state index contributed by atoms with van der Waals surface area (Å²) in [6.07, 6.45) is 0. The third-order valence-corrected chi connectivity index (χ3v) is 3.44. The average molecular weight is 308 g/mol. The first-order valence-electron chi connectivity index (χ1n) is 6.38. The van der Waals surface area contributed by atoms with E-state index in [0.717, 1.165) is 5.56 Å². The molecule has 0 bridgehead atoms. The molecule has 1 N–H and O–H groups in total. The number of hydrogen-bond acceptors (Lipinski definition) is 2. The van der Waals surface area contributed by atoms with Crippen molar-refractivity contribution in [3.05, 3.63) is 63.9 Å². The molecule has 1 amide bonds. The molecule has 0 unspecified atom stereocenters. The van der Waals surface area contributed by atoms with Crippen LogP contribution in [-0.4, -0.2) is 13.0 Å². The second-order valence-electron chi connectivity index (χ2n) is 4.59. The summed E-state index contributed by atoms with van der Waals surface area (Å²) in [6.45, 7) is 1.96. The Morgan fingerprint density at radius 1 is 1.33 bits per heavy atom. The lowest BCUT2D eigenvalue weighted by atomic mass is 10.1. The van der Waals surface area contributed by atoms with Gasteiger partial charge < -0.3 is 10.1 Å². The highest BCUT2D eigenvalue weighted by molar-refractivity contribution is 6.31. The lowest BCUT2D eigenvalue weighted by Gasteiger charge is -2.12. The Morgan fingerprint density at radius 2 is 2.10 bits per heavy atom. The van der Waals surface area contributed by atoms with E-state index >= 15 is 0 Å². The molecular weight excluding hydrogens is 293 g/mol. The summed E-state index contributed by atoms with van der Waals surface area (Å²) in [7, 11) is 1.53. The van der Waals surface area contributed by atoms with Gasteiger partial charge in [0.15, 0.2) is 0 Å². The van der Waals surface area contributed by atoms with Crippen LogP contribution < -0.4 is 10.1 Å². The second kappa shape index (κ2) is 6.59. The number of nitrogens with one attached hydrogen (secondary N) is 1. The van der Waals surface area contributed by atoms with Crippen molar-refractivity contribution in [3.63, 3.8) is 0 Å². The number of carbonyl (C=O) groups excluding carboxylic acids is 1. The molecule has 0 spiro atoms. The number of amides is 1. The predicted octanol–water partition coefficient (Wildman–Crippen LogP) is 3.73. The van der Waals surface area contributed by atoms with Gasteiger partial charge in [-0.3, -0.25) is 4.79 Å². The molecule has 0 saturated carbocycles. The van der Waals surface area contributed by atoms with Crippen molar-refractivity contribution in [2.24, 2.45) is 0 Å². The van der Waals surface area contributed by atoms with Gasteiger partial charge in [0.05, 0.1) is 12.7 Å². The maximum absolute atomic E-state index is 13.7. The van der Waals surface area contributed by atoms with E-state index in [1.807, 2.05) is 0 Å². The molecule has 0 aromatic heterocycles. The van der Waals surface area contributed by atoms with Gasteiger partial charge in [-0.1, -0.05) is 29.3 Å². The normalized spacial score (nSPS) is 10.3. The van der Waals surface area contributed by atoms with Gasteiger partial charge in [-0.2, -0.15) is 0 Å². The first-order valence-corrected chi connectivity index (χ1v) is 6.76. The van der Waals surface area contributed by atoms with E-state index < -0.39 is 11.7 Å². The number of rotatable bonds is 4. The van der Waals surface area contributed by atoms with Gasteiger partial charge in [-0.05, 0) is 31.2 Å². The minimum absolute atomic E-state index is 0.0148. The number of ether oxygens (including phenoxy) is 1. The smallest absolute Gasteiger partial charge is 0.254 e. The fourth-order valence-electron chi connectivity index (χ4n) is 1.98. The zero-order valence-corrected chi connectivity index (χ0v) is 12.5. The maximum Gasteiger partial charge on any atom is 0.254 e. The number of hydrogen-bond donors (Lipinski definition) is 1. The van der Waals surface area contributed by atoms with Gasteiger partial charge in [-0.25, -0.2) is 4.39 Å². The van der Waals surface area contributed by atoms with Crippen LogP contribution in [0.4, 0.5) is 4.39 Å². The van der Waals surface area contributed by atoms with Gasteiger partial charge in [0.1, 0.15) is 11.6 Å². The summed E-state index contributed by atoms with van der Waals surface area (Å²) in [5.41, 5.74) is 1.49. The SMILES string of the molecule is COc1cccc(Cl)c1CNC(=O)c1cc(C)ccc1F. The topological polar surface area (TPSA) is 38.3 Å². The van der Waals surface area contributed by atoms with Gasteiger partial charge in [-0.15, -0.1) is 0 Å². The van der Waals surface area contributed by atoms with Crippen molar-refractivity contribution < 1.29 is 13.9 Å². The first-order chi connectivity index (χ1) is 10.0. The highest BCUT2D eigenvalue weighted by atomic mass is 35.5. The van der Waals surface area contributed by atoms with Crippen molar-refractivity contribution in [2.45, 2.75) is 13.5 Å². The molecule has 0 fully saturated rings. The van der Waals surface area contributed by atoms with Gasteiger partial charge in [0, 0.05) is 17.1 Å². The molecule has 3 nitrogen and oxygen atoms in total. The number of aryl methyl sites for hydroxylation is 1. The number of benzene rings is 2. The van der Waals surface area contributed by atoms with Crippen LogP contribution in [0.5, 0.6) is 5.75 Å². The molecular formula is C16H15ClFNO2. The summed E-state index contributed by atoms with van der Waals surface area (Å²) >= 11 is 6.09. The largest absolute Gasteiger partial charge is 0.496 e. The Bertz CT molecular complexity index is 673. The Kier molecular flexibility index (Phi) is 4.81. The zero-order chi connectivity index (χ0) is 15.4. The summed E-state index contributed by atoms with van der Waals surface area (Å²) in [5, 5.41) is 3.14. The quantitative estimate of drug-likeness (QED) is 0.934. The third-order valence-electron chi connectivity index (χ3n) is 3.09. The molecule has 2 rings (SSSR count). The van der Waals surface area contributed by atoms with Crippen molar-refractivity contribution >= 4 is 17.5 Å². The summed E-state index contributed by atoms with van der Waals surface area (Å²) in [6, 6.07) is 9.62. The van der Waals surface area contributed by atoms with Crippen molar-refractivity contribution in [3.8, 4) is 5.75 Å². The van der Waals surface area contributed by atoms with Gasteiger partial charge in [0.25, 0.3) is 5.91 Å². The molecule has 0 heterocycles. The Morgan fingerprint density at radius 3 is 2.81 bits per heavy atom. The highest BCUT2D eigenvalue weighted by Gasteiger charge is 2.14. The van der Waals surface area contributed by atoms with E-state index in [4.69, 9.17) is 16.3 Å². The molecule has 2 aromatic carbocycles. The Labute approximate surface area is 127 Å². The predicted molar refractivity (Wildman–Crippen MR) is 80.3 cm³/mol. The van der Waals surface area contributed by atoms with Crippen LogP contribution in [0.15, 0.2) is 36.4 Å². The number of carbonyl (C=O) groups is 1. The average Bonchev–Trinajstić information content (AvgIpc) is 2.47. The molecule has 0 atom stereocenters. The molecule has 0 saturated heterocycles. The third kappa shape index (κ3) is 3.52. The lowest BCUT2D eigenvalue weighted by molar-refractivity contribution is 0.0946. The van der Waals surface area contributed by atoms with Crippen molar-refractivity contribution in [2.75, 3.05) is 7.11 Å². The summed E-state index contributed by atoms with van der Waals surface area (Å²) < 4.78 is 18.9. The van der Waals surface area contributed by atoms with Crippen LogP contribution in [0.1, 0.15) is 21.5 Å². The minimum atomic E-state index is -0.552. The van der Waals surface area contributed by atoms with E-state index in [9.17, 15) is 9.18 Å². The second-order valence-corrected chi connectivity index (χ2v) is 4.99. The van der Waals surface area contributed by atoms with Crippen LogP contribution in [0.3, 0.4) is 0 Å². The molecule has 0 aliphatic heterocycles. The summed E-state index contributed by atoms with van der Waals surface area (Å²) in [5.74, 6) is -0.463. The van der Waals surface area contributed by atoms with Gasteiger partial charge >= 0.3 is 0 Å². The van der Waals surface area contributed by atoms with Crippen LogP contribution in [-0.2, 0) is 6.54 Å². The van der Waals surface area contributed by atoms with Crippen LogP contribution >= 0.6 is 11.6 Å². The Hall–Kier alpha value is -2.07. The fourth-order valence-corrected chi connectivity index (χ4v) is 2.21.